The molecule has 0 saturated carbocycles. The van der Waals surface area contributed by atoms with E-state index in [-0.39, 0.29) is 22.8 Å². The molecule has 0 saturated heterocycles. The van der Waals surface area contributed by atoms with Crippen molar-refractivity contribution in [3.63, 3.8) is 0 Å². The number of allylic oxidation sites excluding steroid dienone is 4. The van der Waals surface area contributed by atoms with Crippen molar-refractivity contribution in [2.24, 2.45) is 0 Å². The van der Waals surface area contributed by atoms with Gasteiger partial charge in [-0.15, -0.1) is 0 Å². The molecule has 1 spiro atoms. The third kappa shape index (κ3) is 5.11. The number of hydrogen-bond acceptors (Lipinski definition) is 1. The molecule has 62 heavy (non-hydrogen) atoms. The Morgan fingerprint density at radius 1 is 0.710 bits per heavy atom. The van der Waals surface area contributed by atoms with Crippen molar-refractivity contribution in [3.8, 4) is 28.3 Å². The summed E-state index contributed by atoms with van der Waals surface area (Å²) < 4.78 is 16.8. The Kier molecular flexibility index (Phi) is 8.01. The molecule has 0 radical (unpaired) electrons. The van der Waals surface area contributed by atoms with E-state index in [0.29, 0.717) is 5.92 Å². The molecule has 1 aliphatic carbocycles. The van der Waals surface area contributed by atoms with Gasteiger partial charge in [0.2, 0.25) is 0 Å². The molecule has 7 aromatic rings. The van der Waals surface area contributed by atoms with Crippen LogP contribution >= 0.6 is 7.79 Å². The zero-order chi connectivity index (χ0) is 42.4. The molecule has 12 rings (SSSR count). The van der Waals surface area contributed by atoms with Crippen LogP contribution < -0.4 is 14.2 Å². The molecule has 2 unspecified atom stereocenters. The topological polar surface area (TPSA) is 21.0 Å². The Balaban J connectivity index is 1.31. The number of nitrogens with zero attached hydrogens (tertiary/aromatic N) is 3. The standard InChI is InChI=1S/C57H56N3OP/c1-35(2)39-31-45-44-27-18-28-49-52(44)60-55(59(49)51-42(36-19-11-9-12-20-36)25-17-26-43(51)37-21-13-10-14-22-37)47-33-40(56(3,4)5)34-48(57(6,7)8)53(47)61-62(60)54(45)46(32-39)50-41-24-16-15-23-38(41)29-30-58(50)62/h9-28,31-35,42,51,62H,29-30H2,1-8H3/q+2. The Labute approximate surface area is 367 Å². The SMILES string of the molecule is CC(C)c1cc2c3c(c1)-c1cccc4c1[n+]1c(n4C4C(c5ccccc5)=CC=CC4c4ccccc4)-c4cc(C(C)(C)C)cc(C(C)(C)C)c4O[PH]31[N+]1=C2c2ccccc2CC1. The van der Waals surface area contributed by atoms with Gasteiger partial charge in [-0.2, -0.15) is 0 Å². The summed E-state index contributed by atoms with van der Waals surface area (Å²) in [6.07, 6.45) is 8.11. The van der Waals surface area contributed by atoms with E-state index in [1.54, 1.807) is 0 Å². The average Bonchev–Trinajstić information content (AvgIpc) is 3.77. The van der Waals surface area contributed by atoms with Crippen molar-refractivity contribution < 1.29 is 13.2 Å². The number of fused-ring (bicyclic) bond motifs is 6. The summed E-state index contributed by atoms with van der Waals surface area (Å²) in [7, 11) is -3.37. The summed E-state index contributed by atoms with van der Waals surface area (Å²) in [6, 6.07) is 48.7. The number of hydrogen-bond donors (Lipinski definition) is 0. The van der Waals surface area contributed by atoms with Crippen LogP contribution in [0.5, 0.6) is 5.75 Å². The summed E-state index contributed by atoms with van der Waals surface area (Å²) in [5.41, 5.74) is 19.5. The molecule has 2 atom stereocenters. The van der Waals surface area contributed by atoms with Gasteiger partial charge in [-0.25, -0.2) is 0 Å². The van der Waals surface area contributed by atoms with Gasteiger partial charge in [0.25, 0.3) is 0 Å². The number of aromatic nitrogens is 2. The summed E-state index contributed by atoms with van der Waals surface area (Å²) in [4.78, 5) is 0. The van der Waals surface area contributed by atoms with Crippen LogP contribution in [0.1, 0.15) is 118 Å². The van der Waals surface area contributed by atoms with E-state index in [1.807, 2.05) is 0 Å². The molecule has 4 nitrogen and oxygen atoms in total. The van der Waals surface area contributed by atoms with Crippen LogP contribution in [0.3, 0.4) is 0 Å². The van der Waals surface area contributed by atoms with Crippen molar-refractivity contribution in [1.82, 2.24) is 4.57 Å². The predicted octanol–water partition coefficient (Wildman–Crippen LogP) is 12.8. The van der Waals surface area contributed by atoms with Crippen molar-refractivity contribution in [1.29, 1.82) is 0 Å². The molecular weight excluding hydrogens is 774 g/mol. The number of imidazole rings is 1. The van der Waals surface area contributed by atoms with Crippen molar-refractivity contribution in [3.05, 3.63) is 190 Å². The Hall–Kier alpha value is -5.83. The molecule has 0 amide bonds. The number of rotatable bonds is 4. The first-order valence-electron chi connectivity index (χ1n) is 22.7. The van der Waals surface area contributed by atoms with Crippen LogP contribution in [0, 0.1) is 0 Å². The van der Waals surface area contributed by atoms with Crippen LogP contribution in [0.25, 0.3) is 39.1 Å². The Morgan fingerprint density at radius 3 is 2.16 bits per heavy atom. The van der Waals surface area contributed by atoms with Crippen LogP contribution in [0.2, 0.25) is 0 Å². The minimum absolute atomic E-state index is 0.0500. The fourth-order valence-electron chi connectivity index (χ4n) is 11.5. The Morgan fingerprint density at radius 2 is 1.42 bits per heavy atom. The molecule has 5 aliphatic rings. The van der Waals surface area contributed by atoms with Gasteiger partial charge in [0.1, 0.15) is 0 Å². The van der Waals surface area contributed by atoms with Crippen molar-refractivity contribution in [2.45, 2.75) is 90.5 Å². The first-order valence-corrected chi connectivity index (χ1v) is 24.5. The normalized spacial score (nSPS) is 19.4. The molecule has 6 aromatic carbocycles. The van der Waals surface area contributed by atoms with Gasteiger partial charge >= 0.3 is 369 Å². The maximum absolute atomic E-state index is 8.37. The second kappa shape index (κ2) is 13.1. The molecular formula is C57H56N3OP+2. The summed E-state index contributed by atoms with van der Waals surface area (Å²) in [5, 5.41) is 1.41. The van der Waals surface area contributed by atoms with E-state index in [1.165, 1.54) is 94.6 Å². The minimum atomic E-state index is -3.37. The molecule has 0 N–H and O–H groups in total. The van der Waals surface area contributed by atoms with Crippen molar-refractivity contribution in [2.75, 3.05) is 6.54 Å². The second-order valence-corrected chi connectivity index (χ2v) is 23.5. The predicted molar refractivity (Wildman–Crippen MR) is 259 cm³/mol. The van der Waals surface area contributed by atoms with Gasteiger partial charge in [0.15, 0.2) is 0 Å². The zero-order valence-corrected chi connectivity index (χ0v) is 38.3. The molecule has 4 aliphatic heterocycles. The summed E-state index contributed by atoms with van der Waals surface area (Å²) >= 11 is 0. The van der Waals surface area contributed by atoms with E-state index >= 15 is 0 Å². The average molecular weight is 830 g/mol. The summed E-state index contributed by atoms with van der Waals surface area (Å²) in [6.45, 7) is 19.8. The Bertz CT molecular complexity index is 3150. The van der Waals surface area contributed by atoms with Crippen LogP contribution in [-0.2, 0) is 17.3 Å². The maximum atomic E-state index is 8.37. The second-order valence-electron chi connectivity index (χ2n) is 20.6. The van der Waals surface area contributed by atoms with Gasteiger partial charge in [-0.1, -0.05) is 0 Å². The van der Waals surface area contributed by atoms with E-state index in [2.05, 4.69) is 214 Å². The number of benzene rings is 6. The van der Waals surface area contributed by atoms with Crippen molar-refractivity contribution >= 4 is 35.4 Å². The number of para-hydroxylation sites is 1. The molecule has 5 heteroatoms. The zero-order valence-electron chi connectivity index (χ0n) is 37.3. The van der Waals surface area contributed by atoms with Gasteiger partial charge in [-0.05, 0) is 0 Å². The third-order valence-electron chi connectivity index (χ3n) is 14.5. The van der Waals surface area contributed by atoms with Gasteiger partial charge < -0.3 is 0 Å². The van der Waals surface area contributed by atoms with E-state index in [0.717, 1.165) is 18.7 Å². The van der Waals surface area contributed by atoms with E-state index in [4.69, 9.17) is 4.52 Å². The molecule has 308 valence electrons. The first-order chi connectivity index (χ1) is 29.9. The quantitative estimate of drug-likeness (QED) is 0.162. The fraction of sp³-hybridized carbons (Fsp3) is 0.263. The van der Waals surface area contributed by atoms with E-state index in [9.17, 15) is 0 Å². The first kappa shape index (κ1) is 37.9. The van der Waals surface area contributed by atoms with Gasteiger partial charge in [0, 0.05) is 0 Å². The van der Waals surface area contributed by atoms with Gasteiger partial charge in [-0.3, -0.25) is 0 Å². The van der Waals surface area contributed by atoms with Crippen LogP contribution in [-0.4, -0.2) is 21.2 Å². The molecule has 1 aromatic heterocycles. The van der Waals surface area contributed by atoms with Crippen LogP contribution in [0.4, 0.5) is 0 Å². The van der Waals surface area contributed by atoms with Crippen LogP contribution in [0.15, 0.2) is 146 Å². The van der Waals surface area contributed by atoms with E-state index < -0.39 is 7.79 Å². The third-order valence-corrected chi connectivity index (χ3v) is 18.4. The molecule has 0 bridgehead atoms. The fourth-order valence-corrected chi connectivity index (χ4v) is 16.2. The van der Waals surface area contributed by atoms with Gasteiger partial charge in [0.05, 0.1) is 0 Å². The summed E-state index contributed by atoms with van der Waals surface area (Å²) in [5.74, 6) is 2.77. The molecule has 0 fully saturated rings. The molecule has 5 heterocycles. The monoisotopic (exact) mass is 829 g/mol.